The Kier molecular flexibility index (Phi) is 6.80. The molecule has 3 atom stereocenters. The van der Waals surface area contributed by atoms with E-state index in [9.17, 15) is 9.90 Å². The van der Waals surface area contributed by atoms with Crippen molar-refractivity contribution < 1.29 is 14.6 Å². The number of nitrogens with one attached hydrogen (secondary N) is 1. The van der Waals surface area contributed by atoms with Gasteiger partial charge in [-0.15, -0.1) is 0 Å². The minimum atomic E-state index is -0.657. The van der Waals surface area contributed by atoms with E-state index in [1.165, 1.54) is 13.5 Å². The van der Waals surface area contributed by atoms with Gasteiger partial charge in [0.05, 0.1) is 12.7 Å². The Bertz CT molecular complexity index is 283. The molecule has 0 bridgehead atoms. The van der Waals surface area contributed by atoms with Gasteiger partial charge in [0.15, 0.2) is 0 Å². The van der Waals surface area contributed by atoms with Crippen molar-refractivity contribution in [2.75, 3.05) is 13.7 Å². The van der Waals surface area contributed by atoms with E-state index in [1.54, 1.807) is 0 Å². The normalized spacial score (nSPS) is 28.9. The van der Waals surface area contributed by atoms with Crippen LogP contribution in [0.15, 0.2) is 0 Å². The van der Waals surface area contributed by atoms with Crippen LogP contribution in [0.2, 0.25) is 0 Å². The van der Waals surface area contributed by atoms with Gasteiger partial charge in [0, 0.05) is 6.54 Å². The van der Waals surface area contributed by atoms with E-state index in [-0.39, 0.29) is 12.0 Å². The lowest BCUT2D eigenvalue weighted by molar-refractivity contribution is -0.143. The number of ether oxygens (including phenoxy) is 1. The second kappa shape index (κ2) is 7.85. The highest BCUT2D eigenvalue weighted by molar-refractivity contribution is 5.75. The van der Waals surface area contributed by atoms with E-state index in [0.717, 1.165) is 38.5 Å². The second-order valence-corrected chi connectivity index (χ2v) is 6.02. The summed E-state index contributed by atoms with van der Waals surface area (Å²) in [5, 5.41) is 13.8. The Labute approximate surface area is 116 Å². The molecule has 0 heterocycles. The highest BCUT2D eigenvalue weighted by atomic mass is 16.5. The molecule has 0 aromatic heterocycles. The lowest BCUT2D eigenvalue weighted by Gasteiger charge is -2.36. The minimum absolute atomic E-state index is 0.221. The van der Waals surface area contributed by atoms with Crippen LogP contribution in [0, 0.1) is 5.92 Å². The summed E-state index contributed by atoms with van der Waals surface area (Å²) in [6, 6.07) is -0.286. The summed E-state index contributed by atoms with van der Waals surface area (Å²) in [7, 11) is 1.42. The Morgan fingerprint density at radius 3 is 2.89 bits per heavy atom. The summed E-state index contributed by atoms with van der Waals surface area (Å²) in [5.74, 6) is 0.341. The number of carbonyl (C=O) groups is 1. The molecule has 0 spiro atoms. The summed E-state index contributed by atoms with van der Waals surface area (Å²) in [4.78, 5) is 11.7. The Balaban J connectivity index is 2.47. The molecule has 1 saturated carbocycles. The monoisotopic (exact) mass is 271 g/mol. The second-order valence-electron chi connectivity index (χ2n) is 6.02. The number of carbonyl (C=O) groups excluding carboxylic acids is 1. The van der Waals surface area contributed by atoms with Crippen molar-refractivity contribution >= 4 is 5.97 Å². The molecule has 112 valence electrons. The summed E-state index contributed by atoms with van der Waals surface area (Å²) >= 11 is 0. The van der Waals surface area contributed by atoms with Gasteiger partial charge in [-0.1, -0.05) is 39.5 Å². The fraction of sp³-hybridized carbons (Fsp3) is 0.933. The van der Waals surface area contributed by atoms with Gasteiger partial charge in [0.2, 0.25) is 0 Å². The van der Waals surface area contributed by atoms with E-state index in [1.807, 2.05) is 0 Å². The quantitative estimate of drug-likeness (QED) is 0.697. The number of methoxy groups -OCH3 is 1. The molecule has 0 amide bonds. The Morgan fingerprint density at radius 1 is 1.58 bits per heavy atom. The third-order valence-corrected chi connectivity index (χ3v) is 4.08. The van der Waals surface area contributed by atoms with Crippen LogP contribution in [0.1, 0.15) is 58.8 Å². The molecule has 19 heavy (non-hydrogen) atoms. The molecule has 0 saturated heterocycles. The van der Waals surface area contributed by atoms with Crippen molar-refractivity contribution in [3.05, 3.63) is 0 Å². The lowest BCUT2D eigenvalue weighted by atomic mass is 9.79. The van der Waals surface area contributed by atoms with Gasteiger partial charge in [-0.25, -0.2) is 0 Å². The molecule has 4 nitrogen and oxygen atoms in total. The number of hydrogen-bond acceptors (Lipinski definition) is 4. The molecule has 1 aliphatic carbocycles. The average Bonchev–Trinajstić information content (AvgIpc) is 2.37. The molecular weight excluding hydrogens is 242 g/mol. The fourth-order valence-corrected chi connectivity index (χ4v) is 2.96. The molecule has 0 aromatic carbocycles. The van der Waals surface area contributed by atoms with Gasteiger partial charge in [0.25, 0.3) is 0 Å². The minimum Gasteiger partial charge on any atom is -0.468 e. The first-order valence-corrected chi connectivity index (χ1v) is 7.54. The van der Waals surface area contributed by atoms with Crippen LogP contribution < -0.4 is 5.32 Å². The maximum atomic E-state index is 11.7. The van der Waals surface area contributed by atoms with E-state index in [0.29, 0.717) is 12.5 Å². The predicted octanol–water partition coefficient (Wildman–Crippen LogP) is 2.25. The Morgan fingerprint density at radius 2 is 2.32 bits per heavy atom. The molecule has 1 fully saturated rings. The van der Waals surface area contributed by atoms with Crippen molar-refractivity contribution in [1.82, 2.24) is 5.32 Å². The van der Waals surface area contributed by atoms with Crippen molar-refractivity contribution in [3.8, 4) is 0 Å². The van der Waals surface area contributed by atoms with E-state index in [2.05, 4.69) is 19.2 Å². The standard InChI is InChI=1S/C15H29NO3/c1-4-5-8-13(14(17)19-3)16-11-15(18)9-6-7-12(2)10-15/h12-13,16,18H,4-11H2,1-3H3. The van der Waals surface area contributed by atoms with Gasteiger partial charge in [-0.3, -0.25) is 4.79 Å². The summed E-state index contributed by atoms with van der Waals surface area (Å²) in [5.41, 5.74) is -0.657. The topological polar surface area (TPSA) is 58.6 Å². The van der Waals surface area contributed by atoms with Crippen LogP contribution >= 0.6 is 0 Å². The van der Waals surface area contributed by atoms with Crippen LogP contribution in [-0.2, 0) is 9.53 Å². The zero-order valence-corrected chi connectivity index (χ0v) is 12.6. The van der Waals surface area contributed by atoms with Crippen molar-refractivity contribution in [2.45, 2.75) is 70.4 Å². The Hall–Kier alpha value is -0.610. The number of unbranched alkanes of at least 4 members (excludes halogenated alkanes) is 1. The van der Waals surface area contributed by atoms with Gasteiger partial charge >= 0.3 is 5.97 Å². The number of rotatable bonds is 7. The molecule has 3 unspecified atom stereocenters. The molecule has 0 radical (unpaired) electrons. The van der Waals surface area contributed by atoms with Crippen LogP contribution in [0.5, 0.6) is 0 Å². The smallest absolute Gasteiger partial charge is 0.322 e. The number of hydrogen-bond donors (Lipinski definition) is 2. The van der Waals surface area contributed by atoms with Crippen LogP contribution in [0.25, 0.3) is 0 Å². The van der Waals surface area contributed by atoms with Crippen LogP contribution in [-0.4, -0.2) is 36.4 Å². The number of esters is 1. The zero-order valence-electron chi connectivity index (χ0n) is 12.6. The molecular formula is C15H29NO3. The van der Waals surface area contributed by atoms with Gasteiger partial charge in [-0.05, 0) is 25.2 Å². The van der Waals surface area contributed by atoms with Crippen molar-refractivity contribution in [2.24, 2.45) is 5.92 Å². The molecule has 4 heteroatoms. The molecule has 0 aromatic rings. The van der Waals surface area contributed by atoms with Crippen LogP contribution in [0.4, 0.5) is 0 Å². The van der Waals surface area contributed by atoms with E-state index >= 15 is 0 Å². The van der Waals surface area contributed by atoms with Gasteiger partial charge in [0.1, 0.15) is 6.04 Å². The van der Waals surface area contributed by atoms with Gasteiger partial charge in [-0.2, -0.15) is 0 Å². The summed E-state index contributed by atoms with van der Waals surface area (Å²) in [6.45, 7) is 4.77. The molecule has 1 aliphatic rings. The van der Waals surface area contributed by atoms with Gasteiger partial charge < -0.3 is 15.2 Å². The molecule has 1 rings (SSSR count). The van der Waals surface area contributed by atoms with Crippen molar-refractivity contribution in [3.63, 3.8) is 0 Å². The highest BCUT2D eigenvalue weighted by Crippen LogP contribution is 2.31. The highest BCUT2D eigenvalue weighted by Gasteiger charge is 2.33. The summed E-state index contributed by atoms with van der Waals surface area (Å²) in [6.07, 6.45) is 6.72. The SMILES string of the molecule is CCCCC(NCC1(O)CCCC(C)C1)C(=O)OC. The zero-order chi connectivity index (χ0) is 14.3. The number of aliphatic hydroxyl groups is 1. The predicted molar refractivity (Wildman–Crippen MR) is 75.9 cm³/mol. The largest absolute Gasteiger partial charge is 0.468 e. The molecule has 0 aliphatic heterocycles. The first kappa shape index (κ1) is 16.4. The fourth-order valence-electron chi connectivity index (χ4n) is 2.96. The molecule has 2 N–H and O–H groups in total. The summed E-state index contributed by atoms with van der Waals surface area (Å²) < 4.78 is 4.82. The van der Waals surface area contributed by atoms with Crippen molar-refractivity contribution in [1.29, 1.82) is 0 Å². The first-order chi connectivity index (χ1) is 9.00. The first-order valence-electron chi connectivity index (χ1n) is 7.54. The van der Waals surface area contributed by atoms with Crippen LogP contribution in [0.3, 0.4) is 0 Å². The third kappa shape index (κ3) is 5.49. The van der Waals surface area contributed by atoms with E-state index < -0.39 is 5.60 Å². The van der Waals surface area contributed by atoms with E-state index in [4.69, 9.17) is 4.74 Å². The maximum absolute atomic E-state index is 11.7. The maximum Gasteiger partial charge on any atom is 0.322 e. The average molecular weight is 271 g/mol. The third-order valence-electron chi connectivity index (χ3n) is 4.08. The lowest BCUT2D eigenvalue weighted by Crippen LogP contribution is -2.49.